The molecule has 2 aliphatic rings. The fourth-order valence-corrected chi connectivity index (χ4v) is 1.61. The highest BCUT2D eigenvalue weighted by Gasteiger charge is 2.24. The van der Waals surface area contributed by atoms with Crippen LogP contribution in [-0.2, 0) is 18.9 Å². The Labute approximate surface area is 124 Å². The second-order valence-electron chi connectivity index (χ2n) is 5.49. The first kappa shape index (κ1) is 17.9. The molecule has 2 rings (SSSR count). The molecule has 0 aromatic rings. The van der Waals surface area contributed by atoms with Crippen molar-refractivity contribution in [2.75, 3.05) is 33.0 Å². The van der Waals surface area contributed by atoms with E-state index in [4.69, 9.17) is 18.9 Å². The molecule has 0 aromatic carbocycles. The quantitative estimate of drug-likeness (QED) is 0.432. The molecule has 0 aromatic heterocycles. The van der Waals surface area contributed by atoms with E-state index in [1.165, 1.54) is 12.8 Å². The van der Waals surface area contributed by atoms with Gasteiger partial charge in [-0.05, 0) is 19.3 Å². The fraction of sp³-hybridized carbons (Fsp3) is 1.00. The molecular formula is C16H32O4. The lowest BCUT2D eigenvalue weighted by Crippen LogP contribution is -2.16. The lowest BCUT2D eigenvalue weighted by molar-refractivity contribution is 0.0259. The van der Waals surface area contributed by atoms with Crippen LogP contribution in [0.1, 0.15) is 52.9 Å². The fourth-order valence-electron chi connectivity index (χ4n) is 1.61. The number of ether oxygens (including phenoxy) is 4. The van der Waals surface area contributed by atoms with Gasteiger partial charge in [-0.3, -0.25) is 0 Å². The average molecular weight is 288 g/mol. The SMILES string of the molecule is CCC(CCCOCC1CO1)OCC1CO1.CCCC. The van der Waals surface area contributed by atoms with Gasteiger partial charge in [0.15, 0.2) is 0 Å². The van der Waals surface area contributed by atoms with Crippen molar-refractivity contribution in [3.05, 3.63) is 0 Å². The van der Waals surface area contributed by atoms with Gasteiger partial charge in [0.05, 0.1) is 32.5 Å². The van der Waals surface area contributed by atoms with Gasteiger partial charge in [0.1, 0.15) is 12.2 Å². The van der Waals surface area contributed by atoms with E-state index < -0.39 is 0 Å². The third kappa shape index (κ3) is 10.6. The van der Waals surface area contributed by atoms with Gasteiger partial charge in [0.25, 0.3) is 0 Å². The van der Waals surface area contributed by atoms with Crippen LogP contribution in [0, 0.1) is 0 Å². The molecule has 0 spiro atoms. The molecule has 2 fully saturated rings. The van der Waals surface area contributed by atoms with Gasteiger partial charge in [-0.1, -0.05) is 33.6 Å². The van der Waals surface area contributed by atoms with E-state index in [0.29, 0.717) is 18.3 Å². The highest BCUT2D eigenvalue weighted by Crippen LogP contribution is 2.14. The molecule has 2 saturated heterocycles. The van der Waals surface area contributed by atoms with Crippen LogP contribution in [0.5, 0.6) is 0 Å². The van der Waals surface area contributed by atoms with Gasteiger partial charge in [0, 0.05) is 6.61 Å². The Bertz CT molecular complexity index is 213. The van der Waals surface area contributed by atoms with Crippen LogP contribution in [0.15, 0.2) is 0 Å². The van der Waals surface area contributed by atoms with E-state index in [-0.39, 0.29) is 0 Å². The van der Waals surface area contributed by atoms with E-state index in [2.05, 4.69) is 20.8 Å². The topological polar surface area (TPSA) is 43.5 Å². The summed E-state index contributed by atoms with van der Waals surface area (Å²) in [4.78, 5) is 0. The summed E-state index contributed by atoms with van der Waals surface area (Å²) in [6, 6.07) is 0. The molecule has 0 N–H and O–H groups in total. The second-order valence-corrected chi connectivity index (χ2v) is 5.49. The van der Waals surface area contributed by atoms with Gasteiger partial charge < -0.3 is 18.9 Å². The maximum Gasteiger partial charge on any atom is 0.104 e. The van der Waals surface area contributed by atoms with Crippen LogP contribution >= 0.6 is 0 Å². The van der Waals surface area contributed by atoms with Gasteiger partial charge in [-0.2, -0.15) is 0 Å². The van der Waals surface area contributed by atoms with Crippen LogP contribution in [0.25, 0.3) is 0 Å². The summed E-state index contributed by atoms with van der Waals surface area (Å²) in [6.07, 6.45) is 6.97. The van der Waals surface area contributed by atoms with Crippen molar-refractivity contribution in [1.29, 1.82) is 0 Å². The normalized spacial score (nSPS) is 24.8. The second kappa shape index (κ2) is 11.5. The van der Waals surface area contributed by atoms with Gasteiger partial charge in [-0.15, -0.1) is 0 Å². The Kier molecular flexibility index (Phi) is 10.3. The van der Waals surface area contributed by atoms with Gasteiger partial charge >= 0.3 is 0 Å². The Morgan fingerprint density at radius 2 is 1.60 bits per heavy atom. The zero-order valence-corrected chi connectivity index (χ0v) is 13.4. The van der Waals surface area contributed by atoms with Crippen molar-refractivity contribution in [3.8, 4) is 0 Å². The summed E-state index contributed by atoms with van der Waals surface area (Å²) in [5, 5.41) is 0. The van der Waals surface area contributed by atoms with Crippen molar-refractivity contribution in [2.45, 2.75) is 71.2 Å². The molecule has 120 valence electrons. The minimum atomic E-state index is 0.366. The summed E-state index contributed by atoms with van der Waals surface area (Å²) in [5.41, 5.74) is 0. The minimum Gasteiger partial charge on any atom is -0.379 e. The summed E-state index contributed by atoms with van der Waals surface area (Å²) in [5.74, 6) is 0. The van der Waals surface area contributed by atoms with Crippen molar-refractivity contribution >= 4 is 0 Å². The van der Waals surface area contributed by atoms with Crippen molar-refractivity contribution < 1.29 is 18.9 Å². The first-order valence-electron chi connectivity index (χ1n) is 8.22. The van der Waals surface area contributed by atoms with E-state index in [0.717, 1.165) is 52.3 Å². The maximum atomic E-state index is 5.75. The Morgan fingerprint density at radius 1 is 1.00 bits per heavy atom. The minimum absolute atomic E-state index is 0.366. The Hall–Kier alpha value is -0.160. The predicted molar refractivity (Wildman–Crippen MR) is 80.1 cm³/mol. The van der Waals surface area contributed by atoms with E-state index in [1.807, 2.05) is 0 Å². The first-order valence-corrected chi connectivity index (χ1v) is 8.22. The molecule has 4 nitrogen and oxygen atoms in total. The summed E-state index contributed by atoms with van der Waals surface area (Å²) < 4.78 is 21.4. The van der Waals surface area contributed by atoms with Crippen LogP contribution in [0.3, 0.4) is 0 Å². The number of unbranched alkanes of at least 4 members (excludes halogenated alkanes) is 1. The molecule has 2 aliphatic heterocycles. The predicted octanol–water partition coefficient (Wildman–Crippen LogP) is 3.18. The molecule has 3 atom stereocenters. The largest absolute Gasteiger partial charge is 0.379 e. The molecule has 0 aliphatic carbocycles. The summed E-state index contributed by atoms with van der Waals surface area (Å²) >= 11 is 0. The molecule has 3 unspecified atom stereocenters. The standard InChI is InChI=1S/C12H22O4.C4H10/c1-2-10(14-8-12-9-16-12)4-3-5-13-6-11-7-15-11;1-3-4-2/h10-12H,2-9H2,1H3;3-4H2,1-2H3. The molecule has 20 heavy (non-hydrogen) atoms. The Balaban J connectivity index is 0.000000444. The molecule has 0 bridgehead atoms. The molecule has 0 radical (unpaired) electrons. The highest BCUT2D eigenvalue weighted by molar-refractivity contribution is 4.69. The Morgan fingerprint density at radius 3 is 2.10 bits per heavy atom. The summed E-state index contributed by atoms with van der Waals surface area (Å²) in [6.45, 7) is 10.6. The van der Waals surface area contributed by atoms with Crippen LogP contribution in [0.4, 0.5) is 0 Å². The number of hydrogen-bond donors (Lipinski definition) is 0. The number of rotatable bonds is 11. The monoisotopic (exact) mass is 288 g/mol. The van der Waals surface area contributed by atoms with E-state index in [9.17, 15) is 0 Å². The van der Waals surface area contributed by atoms with Crippen molar-refractivity contribution in [2.24, 2.45) is 0 Å². The molecule has 0 amide bonds. The van der Waals surface area contributed by atoms with Crippen LogP contribution < -0.4 is 0 Å². The van der Waals surface area contributed by atoms with Crippen LogP contribution in [0.2, 0.25) is 0 Å². The molecule has 2 heterocycles. The molecular weight excluding hydrogens is 256 g/mol. The number of epoxide rings is 2. The zero-order valence-electron chi connectivity index (χ0n) is 13.4. The van der Waals surface area contributed by atoms with E-state index in [1.54, 1.807) is 0 Å². The summed E-state index contributed by atoms with van der Waals surface area (Å²) in [7, 11) is 0. The third-order valence-electron chi connectivity index (χ3n) is 3.40. The van der Waals surface area contributed by atoms with Gasteiger partial charge in [0.2, 0.25) is 0 Å². The molecule has 0 saturated carbocycles. The lowest BCUT2D eigenvalue weighted by atomic mass is 10.1. The van der Waals surface area contributed by atoms with Crippen molar-refractivity contribution in [1.82, 2.24) is 0 Å². The van der Waals surface area contributed by atoms with Crippen LogP contribution in [-0.4, -0.2) is 51.3 Å². The van der Waals surface area contributed by atoms with E-state index >= 15 is 0 Å². The smallest absolute Gasteiger partial charge is 0.104 e. The van der Waals surface area contributed by atoms with Crippen molar-refractivity contribution in [3.63, 3.8) is 0 Å². The first-order chi connectivity index (χ1) is 9.80. The zero-order chi connectivity index (χ0) is 14.6. The maximum absolute atomic E-state index is 5.75. The number of hydrogen-bond acceptors (Lipinski definition) is 4. The molecule has 4 heteroatoms. The highest BCUT2D eigenvalue weighted by atomic mass is 16.6. The van der Waals surface area contributed by atoms with Gasteiger partial charge in [-0.25, -0.2) is 0 Å². The lowest BCUT2D eigenvalue weighted by Gasteiger charge is -2.15. The average Bonchev–Trinajstić information content (AvgIpc) is 3.36. The third-order valence-corrected chi connectivity index (χ3v) is 3.40.